The van der Waals surface area contributed by atoms with Crippen LogP contribution in [-0.4, -0.2) is 9.97 Å². The van der Waals surface area contributed by atoms with Crippen LogP contribution in [0.3, 0.4) is 0 Å². The molecular weight excluding hydrogens is 172 g/mol. The Hall–Kier alpha value is -0.920. The second-order valence-corrected chi connectivity index (χ2v) is 4.61. The third kappa shape index (κ3) is 2.53. The average molecular weight is 192 g/mol. The number of hydrogen-bond acceptors (Lipinski definition) is 2. The molecule has 0 fully saturated rings. The van der Waals surface area contributed by atoms with E-state index in [0.29, 0.717) is 0 Å². The van der Waals surface area contributed by atoms with Gasteiger partial charge in [0.15, 0.2) is 0 Å². The van der Waals surface area contributed by atoms with Crippen molar-refractivity contribution in [3.8, 4) is 0 Å². The van der Waals surface area contributed by atoms with Crippen LogP contribution in [0.1, 0.15) is 50.8 Å². The maximum atomic E-state index is 4.51. The van der Waals surface area contributed by atoms with E-state index in [1.807, 2.05) is 19.9 Å². The van der Waals surface area contributed by atoms with Crippen LogP contribution in [0.4, 0.5) is 0 Å². The van der Waals surface area contributed by atoms with Crippen molar-refractivity contribution in [3.05, 3.63) is 23.3 Å². The predicted octanol–water partition coefficient (Wildman–Crippen LogP) is 3.17. The van der Waals surface area contributed by atoms with E-state index < -0.39 is 0 Å². The van der Waals surface area contributed by atoms with Gasteiger partial charge in [0.1, 0.15) is 5.82 Å². The fourth-order valence-corrected chi connectivity index (χ4v) is 1.77. The normalized spacial score (nSPS) is 11.8. The first kappa shape index (κ1) is 11.2. The summed E-state index contributed by atoms with van der Waals surface area (Å²) in [4.78, 5) is 9.03. The SMILES string of the molecule is CCCC(C)(C)c1nc(C)cc(C)n1. The van der Waals surface area contributed by atoms with Crippen molar-refractivity contribution in [3.63, 3.8) is 0 Å². The van der Waals surface area contributed by atoms with Crippen molar-refractivity contribution in [1.29, 1.82) is 0 Å². The highest BCUT2D eigenvalue weighted by Crippen LogP contribution is 2.25. The minimum absolute atomic E-state index is 0.103. The molecule has 0 aromatic carbocycles. The summed E-state index contributed by atoms with van der Waals surface area (Å²) >= 11 is 0. The Morgan fingerprint density at radius 2 is 1.64 bits per heavy atom. The maximum absolute atomic E-state index is 4.51. The smallest absolute Gasteiger partial charge is 0.134 e. The largest absolute Gasteiger partial charge is 0.238 e. The zero-order valence-corrected chi connectivity index (χ0v) is 9.89. The second-order valence-electron chi connectivity index (χ2n) is 4.61. The minimum Gasteiger partial charge on any atom is -0.238 e. The summed E-state index contributed by atoms with van der Waals surface area (Å²) in [6, 6.07) is 2.02. The first-order valence-corrected chi connectivity index (χ1v) is 5.28. The van der Waals surface area contributed by atoms with Crippen molar-refractivity contribution in [2.75, 3.05) is 0 Å². The van der Waals surface area contributed by atoms with Gasteiger partial charge in [0, 0.05) is 16.8 Å². The van der Waals surface area contributed by atoms with Gasteiger partial charge in [0.05, 0.1) is 0 Å². The van der Waals surface area contributed by atoms with Gasteiger partial charge < -0.3 is 0 Å². The Morgan fingerprint density at radius 3 is 2.07 bits per heavy atom. The summed E-state index contributed by atoms with van der Waals surface area (Å²) in [6.07, 6.45) is 2.30. The van der Waals surface area contributed by atoms with Gasteiger partial charge in [-0.05, 0) is 26.3 Å². The third-order valence-electron chi connectivity index (χ3n) is 2.46. The zero-order valence-electron chi connectivity index (χ0n) is 9.89. The molecule has 0 amide bonds. The molecule has 0 saturated heterocycles. The Kier molecular flexibility index (Phi) is 3.25. The topological polar surface area (TPSA) is 25.8 Å². The van der Waals surface area contributed by atoms with Gasteiger partial charge in [-0.15, -0.1) is 0 Å². The van der Waals surface area contributed by atoms with Crippen LogP contribution in [0.25, 0.3) is 0 Å². The molecular formula is C12H20N2. The minimum atomic E-state index is 0.103. The molecule has 0 N–H and O–H groups in total. The molecule has 0 spiro atoms. The Balaban J connectivity index is 3.05. The average Bonchev–Trinajstić information content (AvgIpc) is 2.02. The fraction of sp³-hybridized carbons (Fsp3) is 0.667. The molecule has 0 aliphatic carbocycles. The zero-order chi connectivity index (χ0) is 10.8. The highest BCUT2D eigenvalue weighted by atomic mass is 14.9. The van der Waals surface area contributed by atoms with Gasteiger partial charge in [0.25, 0.3) is 0 Å². The van der Waals surface area contributed by atoms with E-state index in [9.17, 15) is 0 Å². The van der Waals surface area contributed by atoms with Gasteiger partial charge >= 0.3 is 0 Å². The highest BCUT2D eigenvalue weighted by Gasteiger charge is 2.22. The standard InChI is InChI=1S/C12H20N2/c1-6-7-12(4,5)11-13-9(2)8-10(3)14-11/h8H,6-7H2,1-5H3. The van der Waals surface area contributed by atoms with Crippen LogP contribution < -0.4 is 0 Å². The maximum Gasteiger partial charge on any atom is 0.134 e. The number of nitrogens with zero attached hydrogens (tertiary/aromatic N) is 2. The van der Waals surface area contributed by atoms with Gasteiger partial charge in [-0.25, -0.2) is 9.97 Å². The summed E-state index contributed by atoms with van der Waals surface area (Å²) in [5, 5.41) is 0. The van der Waals surface area contributed by atoms with Gasteiger partial charge in [-0.2, -0.15) is 0 Å². The van der Waals surface area contributed by atoms with Crippen LogP contribution in [0.2, 0.25) is 0 Å². The highest BCUT2D eigenvalue weighted by molar-refractivity contribution is 5.13. The van der Waals surface area contributed by atoms with Crippen LogP contribution in [0, 0.1) is 13.8 Å². The van der Waals surface area contributed by atoms with E-state index in [1.165, 1.54) is 6.42 Å². The van der Waals surface area contributed by atoms with E-state index in [1.54, 1.807) is 0 Å². The monoisotopic (exact) mass is 192 g/mol. The molecule has 0 bridgehead atoms. The molecule has 14 heavy (non-hydrogen) atoms. The number of rotatable bonds is 3. The predicted molar refractivity (Wildman–Crippen MR) is 59.4 cm³/mol. The summed E-state index contributed by atoms with van der Waals surface area (Å²) in [5.41, 5.74) is 2.24. The van der Waals surface area contributed by atoms with Crippen molar-refractivity contribution < 1.29 is 0 Å². The molecule has 2 heteroatoms. The van der Waals surface area contributed by atoms with Crippen LogP contribution in [-0.2, 0) is 5.41 Å². The lowest BCUT2D eigenvalue weighted by Crippen LogP contribution is -2.21. The summed E-state index contributed by atoms with van der Waals surface area (Å²) in [5.74, 6) is 0.983. The molecule has 2 nitrogen and oxygen atoms in total. The quantitative estimate of drug-likeness (QED) is 0.735. The molecule has 0 radical (unpaired) electrons. The molecule has 0 unspecified atom stereocenters. The van der Waals surface area contributed by atoms with E-state index in [-0.39, 0.29) is 5.41 Å². The first-order valence-electron chi connectivity index (χ1n) is 5.28. The van der Waals surface area contributed by atoms with Crippen molar-refractivity contribution in [2.24, 2.45) is 0 Å². The molecule has 1 aromatic heterocycles. The second kappa shape index (κ2) is 4.07. The lowest BCUT2D eigenvalue weighted by Gasteiger charge is -2.22. The molecule has 1 aromatic rings. The number of aromatic nitrogens is 2. The number of hydrogen-bond donors (Lipinski definition) is 0. The Labute approximate surface area is 86.8 Å². The molecule has 0 aliphatic rings. The first-order chi connectivity index (χ1) is 6.45. The summed E-state index contributed by atoms with van der Waals surface area (Å²) in [6.45, 7) is 10.7. The summed E-state index contributed by atoms with van der Waals surface area (Å²) < 4.78 is 0. The third-order valence-corrected chi connectivity index (χ3v) is 2.46. The molecule has 0 saturated carbocycles. The van der Waals surface area contributed by atoms with Crippen molar-refractivity contribution in [2.45, 2.75) is 52.9 Å². The van der Waals surface area contributed by atoms with Gasteiger partial charge in [-0.3, -0.25) is 0 Å². The van der Waals surface area contributed by atoms with E-state index in [0.717, 1.165) is 23.6 Å². The molecule has 0 aliphatic heterocycles. The summed E-state index contributed by atoms with van der Waals surface area (Å²) in [7, 11) is 0. The Morgan fingerprint density at radius 1 is 1.14 bits per heavy atom. The van der Waals surface area contributed by atoms with E-state index >= 15 is 0 Å². The van der Waals surface area contributed by atoms with Crippen molar-refractivity contribution >= 4 is 0 Å². The van der Waals surface area contributed by atoms with E-state index in [2.05, 4.69) is 30.7 Å². The molecule has 1 heterocycles. The van der Waals surface area contributed by atoms with Gasteiger partial charge in [-0.1, -0.05) is 27.2 Å². The van der Waals surface area contributed by atoms with Crippen molar-refractivity contribution in [1.82, 2.24) is 9.97 Å². The van der Waals surface area contributed by atoms with Gasteiger partial charge in [0.2, 0.25) is 0 Å². The lowest BCUT2D eigenvalue weighted by atomic mass is 9.87. The molecule has 78 valence electrons. The molecule has 1 rings (SSSR count). The molecule has 0 atom stereocenters. The van der Waals surface area contributed by atoms with E-state index in [4.69, 9.17) is 0 Å². The fourth-order valence-electron chi connectivity index (χ4n) is 1.77. The van der Waals surface area contributed by atoms with Crippen LogP contribution in [0.15, 0.2) is 6.07 Å². The lowest BCUT2D eigenvalue weighted by molar-refractivity contribution is 0.442. The number of aryl methyl sites for hydroxylation is 2. The van der Waals surface area contributed by atoms with Crippen LogP contribution >= 0.6 is 0 Å². The Bertz CT molecular complexity index is 296. The van der Waals surface area contributed by atoms with Crippen LogP contribution in [0.5, 0.6) is 0 Å².